The van der Waals surface area contributed by atoms with Crippen LogP contribution in [-0.4, -0.2) is 18.9 Å². The van der Waals surface area contributed by atoms with Crippen molar-refractivity contribution in [2.24, 2.45) is 10.7 Å². The molecule has 0 heterocycles. The fourth-order valence-electron chi connectivity index (χ4n) is 1.03. The molecule has 4 heteroatoms. The Kier molecular flexibility index (Phi) is 4.18. The highest BCUT2D eigenvalue weighted by Crippen LogP contribution is 1.98. The van der Waals surface area contributed by atoms with Crippen LogP contribution < -0.4 is 11.1 Å². The molecule has 1 aromatic rings. The van der Waals surface area contributed by atoms with Crippen LogP contribution in [0.15, 0.2) is 35.3 Å². The molecule has 0 aromatic heterocycles. The number of rotatable bonds is 3. The molecule has 72 valence electrons. The zero-order chi connectivity index (χ0) is 10.2. The minimum atomic E-state index is 0.476. The fourth-order valence-corrected chi connectivity index (χ4v) is 1.03. The number of nitrogens with one attached hydrogen (secondary N) is 1. The number of nitrogens with zero attached hydrogens (tertiary/aromatic N) is 2. The Morgan fingerprint density at radius 2 is 2.14 bits per heavy atom. The van der Waals surface area contributed by atoms with Crippen LogP contribution in [0.1, 0.15) is 5.56 Å². The zero-order valence-electron chi connectivity index (χ0n) is 7.77. The third-order valence-electron chi connectivity index (χ3n) is 1.62. The lowest BCUT2D eigenvalue weighted by molar-refractivity contribution is 0.966. The average Bonchev–Trinajstić information content (AvgIpc) is 2.25. The van der Waals surface area contributed by atoms with Gasteiger partial charge in [-0.1, -0.05) is 30.3 Å². The second-order valence-electron chi connectivity index (χ2n) is 2.62. The minimum absolute atomic E-state index is 0.476. The molecule has 4 nitrogen and oxygen atoms in total. The highest BCUT2D eigenvalue weighted by Gasteiger charge is 1.99. The van der Waals surface area contributed by atoms with E-state index in [9.17, 15) is 0 Å². The Morgan fingerprint density at radius 3 is 2.71 bits per heavy atom. The van der Waals surface area contributed by atoms with E-state index in [0.717, 1.165) is 5.56 Å². The summed E-state index contributed by atoms with van der Waals surface area (Å²) in [5.74, 6) is 0.568. The Balaban J connectivity index is 2.84. The molecule has 14 heavy (non-hydrogen) atoms. The predicted octanol–water partition coefficient (Wildman–Crippen LogP) is 0.463. The maximum atomic E-state index is 8.52. The van der Waals surface area contributed by atoms with Crippen LogP contribution in [0, 0.1) is 11.5 Å². The largest absolute Gasteiger partial charge is 0.329 e. The van der Waals surface area contributed by atoms with Gasteiger partial charge in [0, 0.05) is 12.1 Å². The van der Waals surface area contributed by atoms with Crippen molar-refractivity contribution in [3.8, 4) is 6.19 Å². The van der Waals surface area contributed by atoms with Crippen LogP contribution in [0.5, 0.6) is 0 Å². The quantitative estimate of drug-likeness (QED) is 0.313. The number of hydrogen-bond acceptors (Lipinski definition) is 3. The molecule has 0 bridgehead atoms. The molecule has 0 radical (unpaired) electrons. The van der Waals surface area contributed by atoms with Crippen LogP contribution in [0.4, 0.5) is 0 Å². The minimum Gasteiger partial charge on any atom is -0.329 e. The first-order chi connectivity index (χ1) is 6.88. The summed E-state index contributed by atoms with van der Waals surface area (Å²) in [6, 6.07) is 9.48. The van der Waals surface area contributed by atoms with E-state index in [4.69, 9.17) is 11.0 Å². The lowest BCUT2D eigenvalue weighted by Crippen LogP contribution is -2.20. The van der Waals surface area contributed by atoms with Crippen molar-refractivity contribution < 1.29 is 0 Å². The summed E-state index contributed by atoms with van der Waals surface area (Å²) < 4.78 is 0. The topological polar surface area (TPSA) is 74.2 Å². The summed E-state index contributed by atoms with van der Waals surface area (Å²) >= 11 is 0. The fraction of sp³-hybridized carbons (Fsp3) is 0.200. The van der Waals surface area contributed by atoms with Gasteiger partial charge in [-0.05, 0) is 0 Å². The molecule has 1 aromatic carbocycles. The van der Waals surface area contributed by atoms with Crippen molar-refractivity contribution in [1.29, 1.82) is 5.26 Å². The number of aliphatic imine (C=N–C) groups is 1. The number of amidine groups is 1. The first kappa shape index (κ1) is 10.2. The SMILES string of the molecule is N#CNC(=NCCN)c1ccccc1. The van der Waals surface area contributed by atoms with Crippen molar-refractivity contribution >= 4 is 5.84 Å². The maximum absolute atomic E-state index is 8.52. The molecule has 0 fully saturated rings. The summed E-state index contributed by atoms with van der Waals surface area (Å²) in [6.45, 7) is 0.988. The van der Waals surface area contributed by atoms with Gasteiger partial charge < -0.3 is 5.73 Å². The molecular weight excluding hydrogens is 176 g/mol. The van der Waals surface area contributed by atoms with Crippen molar-refractivity contribution in [3.63, 3.8) is 0 Å². The van der Waals surface area contributed by atoms with Gasteiger partial charge in [0.05, 0.1) is 6.54 Å². The van der Waals surface area contributed by atoms with Crippen LogP contribution in [0.3, 0.4) is 0 Å². The third-order valence-corrected chi connectivity index (χ3v) is 1.62. The molecule has 1 rings (SSSR count). The maximum Gasteiger partial charge on any atom is 0.182 e. The average molecular weight is 188 g/mol. The number of nitrogens with two attached hydrogens (primary N) is 1. The summed E-state index contributed by atoms with van der Waals surface area (Å²) in [5, 5.41) is 11.1. The van der Waals surface area contributed by atoms with E-state index in [1.807, 2.05) is 36.5 Å². The van der Waals surface area contributed by atoms with Gasteiger partial charge in [-0.3, -0.25) is 10.3 Å². The van der Waals surface area contributed by atoms with Crippen LogP contribution in [-0.2, 0) is 0 Å². The number of nitriles is 1. The molecular formula is C10H12N4. The number of benzene rings is 1. The second-order valence-corrected chi connectivity index (χ2v) is 2.62. The van der Waals surface area contributed by atoms with Crippen LogP contribution >= 0.6 is 0 Å². The summed E-state index contributed by atoms with van der Waals surface area (Å²) in [7, 11) is 0. The Morgan fingerprint density at radius 1 is 1.43 bits per heavy atom. The molecule has 0 spiro atoms. The molecule has 0 saturated heterocycles. The van der Waals surface area contributed by atoms with Crippen LogP contribution in [0.25, 0.3) is 0 Å². The monoisotopic (exact) mass is 188 g/mol. The second kappa shape index (κ2) is 5.73. The third kappa shape index (κ3) is 2.88. The van der Waals surface area contributed by atoms with Gasteiger partial charge in [-0.25, -0.2) is 0 Å². The lowest BCUT2D eigenvalue weighted by atomic mass is 10.2. The van der Waals surface area contributed by atoms with Gasteiger partial charge in [0.1, 0.15) is 5.84 Å². The molecule has 0 aliphatic carbocycles. The van der Waals surface area contributed by atoms with E-state index in [1.165, 1.54) is 0 Å². The van der Waals surface area contributed by atoms with Crippen molar-refractivity contribution in [1.82, 2.24) is 5.32 Å². The van der Waals surface area contributed by atoms with Gasteiger partial charge >= 0.3 is 0 Å². The smallest absolute Gasteiger partial charge is 0.182 e. The summed E-state index contributed by atoms with van der Waals surface area (Å²) in [5.41, 5.74) is 6.22. The molecule has 0 atom stereocenters. The number of hydrogen-bond donors (Lipinski definition) is 2. The summed E-state index contributed by atoms with van der Waals surface area (Å²) in [4.78, 5) is 4.16. The van der Waals surface area contributed by atoms with E-state index in [1.54, 1.807) is 0 Å². The van der Waals surface area contributed by atoms with E-state index in [-0.39, 0.29) is 0 Å². The zero-order valence-corrected chi connectivity index (χ0v) is 7.77. The van der Waals surface area contributed by atoms with Crippen molar-refractivity contribution in [2.45, 2.75) is 0 Å². The summed E-state index contributed by atoms with van der Waals surface area (Å²) in [6.07, 6.45) is 1.85. The molecule has 0 aliphatic rings. The standard InChI is InChI=1S/C10H12N4/c11-6-7-13-10(14-8-12)9-4-2-1-3-5-9/h1-5H,6-7,11H2,(H,13,14). The van der Waals surface area contributed by atoms with E-state index in [0.29, 0.717) is 18.9 Å². The lowest BCUT2D eigenvalue weighted by Gasteiger charge is -2.02. The van der Waals surface area contributed by atoms with Crippen LogP contribution in [0.2, 0.25) is 0 Å². The molecule has 0 unspecified atom stereocenters. The highest BCUT2D eigenvalue weighted by molar-refractivity contribution is 5.99. The Bertz CT molecular complexity index is 337. The molecule has 0 aliphatic heterocycles. The first-order valence-electron chi connectivity index (χ1n) is 4.33. The Labute approximate surface area is 83.1 Å². The molecule has 0 saturated carbocycles. The Hall–Kier alpha value is -1.86. The normalized spacial score (nSPS) is 10.7. The molecule has 3 N–H and O–H groups in total. The van der Waals surface area contributed by atoms with Gasteiger partial charge in [0.2, 0.25) is 0 Å². The first-order valence-corrected chi connectivity index (χ1v) is 4.33. The van der Waals surface area contributed by atoms with Gasteiger partial charge in [0.25, 0.3) is 0 Å². The highest BCUT2D eigenvalue weighted by atomic mass is 15.0. The predicted molar refractivity (Wildman–Crippen MR) is 55.6 cm³/mol. The van der Waals surface area contributed by atoms with Crippen molar-refractivity contribution in [2.75, 3.05) is 13.1 Å². The van der Waals surface area contributed by atoms with Crippen molar-refractivity contribution in [3.05, 3.63) is 35.9 Å². The van der Waals surface area contributed by atoms with Gasteiger partial charge in [-0.2, -0.15) is 5.26 Å². The van der Waals surface area contributed by atoms with Gasteiger partial charge in [-0.15, -0.1) is 0 Å². The van der Waals surface area contributed by atoms with E-state index < -0.39 is 0 Å². The van der Waals surface area contributed by atoms with Gasteiger partial charge in [0.15, 0.2) is 6.19 Å². The van der Waals surface area contributed by atoms with E-state index >= 15 is 0 Å². The molecule has 0 amide bonds. The van der Waals surface area contributed by atoms with E-state index in [2.05, 4.69) is 10.3 Å².